The minimum absolute atomic E-state index is 0.0345. The number of likely N-dealkylation sites (N-methyl/N-ethyl adjacent to an activating group) is 1. The number of carbonyl (C=O) groups excluding carboxylic acids is 1. The number of hydrogen-bond acceptors (Lipinski definition) is 4. The second-order valence-electron chi connectivity index (χ2n) is 6.70. The zero-order valence-electron chi connectivity index (χ0n) is 13.0. The van der Waals surface area contributed by atoms with Crippen LogP contribution in [0, 0.1) is 12.3 Å². The van der Waals surface area contributed by atoms with Crippen LogP contribution in [-0.4, -0.2) is 59.5 Å². The Morgan fingerprint density at radius 3 is 2.55 bits per heavy atom. The van der Waals surface area contributed by atoms with Crippen molar-refractivity contribution in [2.45, 2.75) is 32.2 Å². The molecule has 1 aromatic heterocycles. The van der Waals surface area contributed by atoms with Crippen LogP contribution in [0.2, 0.25) is 0 Å². The Hall–Kier alpha value is -1.82. The van der Waals surface area contributed by atoms with Gasteiger partial charge in [-0.05, 0) is 44.7 Å². The van der Waals surface area contributed by atoms with Gasteiger partial charge in [0.15, 0.2) is 5.76 Å². The molecule has 1 amide bonds. The van der Waals surface area contributed by atoms with Gasteiger partial charge >= 0.3 is 5.97 Å². The van der Waals surface area contributed by atoms with Crippen LogP contribution in [0.4, 0.5) is 0 Å². The summed E-state index contributed by atoms with van der Waals surface area (Å²) < 4.78 is 5.28. The first-order valence-corrected chi connectivity index (χ1v) is 7.68. The molecule has 2 aliphatic heterocycles. The number of hydrogen-bond donors (Lipinski definition) is 1. The summed E-state index contributed by atoms with van der Waals surface area (Å²) in [6, 6.07) is 1.40. The summed E-state index contributed by atoms with van der Waals surface area (Å²) in [6.45, 7) is 4.00. The van der Waals surface area contributed by atoms with E-state index in [0.29, 0.717) is 25.3 Å². The van der Waals surface area contributed by atoms with Crippen molar-refractivity contribution >= 4 is 11.9 Å². The molecular weight excluding hydrogens is 284 g/mol. The topological polar surface area (TPSA) is 74.0 Å². The van der Waals surface area contributed by atoms with Crippen molar-refractivity contribution in [2.24, 2.45) is 5.41 Å². The third kappa shape index (κ3) is 2.52. The molecule has 6 nitrogen and oxygen atoms in total. The van der Waals surface area contributed by atoms with Crippen LogP contribution in [-0.2, 0) is 4.79 Å². The van der Waals surface area contributed by atoms with Crippen molar-refractivity contribution in [1.82, 2.24) is 9.80 Å². The highest BCUT2D eigenvalue weighted by atomic mass is 16.4. The Bertz CT molecular complexity index is 587. The number of rotatable bonds is 2. The van der Waals surface area contributed by atoms with Gasteiger partial charge in [-0.2, -0.15) is 0 Å². The Morgan fingerprint density at radius 1 is 1.36 bits per heavy atom. The Kier molecular flexibility index (Phi) is 3.72. The molecule has 1 spiro atoms. The minimum Gasteiger partial charge on any atom is -0.480 e. The van der Waals surface area contributed by atoms with Gasteiger partial charge in [0.2, 0.25) is 0 Å². The van der Waals surface area contributed by atoms with E-state index in [1.165, 1.54) is 6.26 Å². The summed E-state index contributed by atoms with van der Waals surface area (Å²) in [5.74, 6) is -0.384. The van der Waals surface area contributed by atoms with E-state index < -0.39 is 12.0 Å². The van der Waals surface area contributed by atoms with Crippen LogP contribution in [0.25, 0.3) is 0 Å². The van der Waals surface area contributed by atoms with Crippen LogP contribution < -0.4 is 0 Å². The van der Waals surface area contributed by atoms with Gasteiger partial charge in [0, 0.05) is 25.2 Å². The normalized spacial score (nSPS) is 24.8. The number of carboxylic acid groups (broad SMARTS) is 1. The van der Waals surface area contributed by atoms with Crippen molar-refractivity contribution in [2.75, 3.05) is 26.7 Å². The Morgan fingerprint density at radius 2 is 2.05 bits per heavy atom. The third-order valence-corrected chi connectivity index (χ3v) is 5.20. The van der Waals surface area contributed by atoms with E-state index in [-0.39, 0.29) is 11.3 Å². The fourth-order valence-corrected chi connectivity index (χ4v) is 3.83. The second-order valence-corrected chi connectivity index (χ2v) is 6.70. The maximum atomic E-state index is 12.4. The predicted molar refractivity (Wildman–Crippen MR) is 79.7 cm³/mol. The quantitative estimate of drug-likeness (QED) is 0.898. The summed E-state index contributed by atoms with van der Waals surface area (Å²) in [5, 5.41) is 9.27. The lowest BCUT2D eigenvalue weighted by Gasteiger charge is -2.39. The lowest BCUT2D eigenvalue weighted by atomic mass is 9.76. The summed E-state index contributed by atoms with van der Waals surface area (Å²) >= 11 is 0. The third-order valence-electron chi connectivity index (χ3n) is 5.20. The van der Waals surface area contributed by atoms with Gasteiger partial charge < -0.3 is 14.4 Å². The molecule has 120 valence electrons. The SMILES string of the molecule is Cc1ccoc1C(=O)N1CCC2(CC1)CC(C(=O)O)N(C)C2. The smallest absolute Gasteiger partial charge is 0.320 e. The van der Waals surface area contributed by atoms with E-state index in [0.717, 1.165) is 24.9 Å². The molecule has 1 N–H and O–H groups in total. The van der Waals surface area contributed by atoms with Gasteiger partial charge in [-0.15, -0.1) is 0 Å². The van der Waals surface area contributed by atoms with Crippen molar-refractivity contribution in [3.63, 3.8) is 0 Å². The lowest BCUT2D eigenvalue weighted by Crippen LogP contribution is -2.44. The van der Waals surface area contributed by atoms with Crippen molar-refractivity contribution in [1.29, 1.82) is 0 Å². The number of likely N-dealkylation sites (tertiary alicyclic amines) is 2. The van der Waals surface area contributed by atoms with Gasteiger partial charge in [0.05, 0.1) is 6.26 Å². The van der Waals surface area contributed by atoms with Crippen molar-refractivity contribution in [3.8, 4) is 0 Å². The largest absolute Gasteiger partial charge is 0.480 e. The molecule has 0 aromatic carbocycles. The summed E-state index contributed by atoms with van der Waals surface area (Å²) in [6.07, 6.45) is 3.93. The monoisotopic (exact) mass is 306 g/mol. The first-order chi connectivity index (χ1) is 10.4. The first kappa shape index (κ1) is 15.1. The number of carboxylic acids is 1. The van der Waals surface area contributed by atoms with Gasteiger partial charge in [0.1, 0.15) is 6.04 Å². The fourth-order valence-electron chi connectivity index (χ4n) is 3.83. The van der Waals surface area contributed by atoms with Crippen molar-refractivity contribution < 1.29 is 19.1 Å². The molecule has 3 rings (SSSR count). The van der Waals surface area contributed by atoms with Gasteiger partial charge in [-0.3, -0.25) is 14.5 Å². The molecule has 2 saturated heterocycles. The molecule has 0 saturated carbocycles. The molecule has 1 unspecified atom stereocenters. The molecule has 0 aliphatic carbocycles. The number of furan rings is 1. The van der Waals surface area contributed by atoms with Crippen LogP contribution >= 0.6 is 0 Å². The molecule has 22 heavy (non-hydrogen) atoms. The molecular formula is C16H22N2O4. The van der Waals surface area contributed by atoms with E-state index in [1.54, 1.807) is 6.07 Å². The zero-order chi connectivity index (χ0) is 15.9. The fraction of sp³-hybridized carbons (Fsp3) is 0.625. The number of aryl methyl sites for hydroxylation is 1. The standard InChI is InChI=1S/C16H22N2O4/c1-11-3-8-22-13(11)14(19)18-6-4-16(5-7-18)9-12(15(20)21)17(2)10-16/h3,8,12H,4-7,9-10H2,1-2H3,(H,20,21). The number of aliphatic carboxylic acids is 1. The number of carbonyl (C=O) groups is 2. The van der Waals surface area contributed by atoms with Gasteiger partial charge in [-0.1, -0.05) is 0 Å². The maximum absolute atomic E-state index is 12.4. The Labute approximate surface area is 129 Å². The van der Waals surface area contributed by atoms with Crippen LogP contribution in [0.15, 0.2) is 16.7 Å². The molecule has 1 aromatic rings. The van der Waals surface area contributed by atoms with E-state index in [4.69, 9.17) is 4.42 Å². The zero-order valence-corrected chi connectivity index (χ0v) is 13.0. The highest BCUT2D eigenvalue weighted by molar-refractivity contribution is 5.92. The molecule has 0 bridgehead atoms. The number of piperidine rings is 1. The minimum atomic E-state index is -0.746. The second kappa shape index (κ2) is 5.43. The van der Waals surface area contributed by atoms with Gasteiger partial charge in [-0.25, -0.2) is 0 Å². The van der Waals surface area contributed by atoms with E-state index in [9.17, 15) is 14.7 Å². The molecule has 6 heteroatoms. The Balaban J connectivity index is 1.65. The lowest BCUT2D eigenvalue weighted by molar-refractivity contribution is -0.141. The average Bonchev–Trinajstić information content (AvgIpc) is 3.03. The van der Waals surface area contributed by atoms with Crippen LogP contribution in [0.3, 0.4) is 0 Å². The number of amides is 1. The van der Waals surface area contributed by atoms with E-state index in [1.807, 2.05) is 23.8 Å². The molecule has 0 radical (unpaired) electrons. The van der Waals surface area contributed by atoms with Crippen LogP contribution in [0.1, 0.15) is 35.4 Å². The molecule has 1 atom stereocenters. The summed E-state index contributed by atoms with van der Waals surface area (Å²) in [5.41, 5.74) is 0.893. The predicted octanol–water partition coefficient (Wildman–Crippen LogP) is 1.60. The van der Waals surface area contributed by atoms with Crippen LogP contribution in [0.5, 0.6) is 0 Å². The average molecular weight is 306 g/mol. The molecule has 2 fully saturated rings. The van der Waals surface area contributed by atoms with E-state index >= 15 is 0 Å². The van der Waals surface area contributed by atoms with E-state index in [2.05, 4.69) is 0 Å². The molecule has 3 heterocycles. The summed E-state index contributed by atoms with van der Waals surface area (Å²) in [4.78, 5) is 27.5. The summed E-state index contributed by atoms with van der Waals surface area (Å²) in [7, 11) is 1.87. The highest BCUT2D eigenvalue weighted by Crippen LogP contribution is 2.43. The highest BCUT2D eigenvalue weighted by Gasteiger charge is 2.47. The number of nitrogens with zero attached hydrogens (tertiary/aromatic N) is 2. The first-order valence-electron chi connectivity index (χ1n) is 7.68. The maximum Gasteiger partial charge on any atom is 0.320 e. The molecule has 2 aliphatic rings. The van der Waals surface area contributed by atoms with Gasteiger partial charge in [0.25, 0.3) is 5.91 Å². The van der Waals surface area contributed by atoms with Crippen molar-refractivity contribution in [3.05, 3.63) is 23.7 Å².